The van der Waals surface area contributed by atoms with E-state index < -0.39 is 0 Å². The van der Waals surface area contributed by atoms with E-state index >= 15 is 0 Å². The number of carbonyl (C=O) groups is 1. The normalized spacial score (nSPS) is 10.3. The Labute approximate surface area is 116 Å². The van der Waals surface area contributed by atoms with Crippen LogP contribution >= 0.6 is 0 Å². The van der Waals surface area contributed by atoms with Crippen molar-refractivity contribution < 1.29 is 4.79 Å². The Morgan fingerprint density at radius 1 is 1.50 bits per heavy atom. The lowest BCUT2D eigenvalue weighted by Crippen LogP contribution is -2.21. The van der Waals surface area contributed by atoms with Crippen LogP contribution < -0.4 is 16.0 Å². The Balaban J connectivity index is 2.04. The Hall–Kier alpha value is -2.48. The van der Waals surface area contributed by atoms with Gasteiger partial charge < -0.3 is 16.0 Å². The number of amides is 1. The predicted octanol–water partition coefficient (Wildman–Crippen LogP) is -0.163. The monoisotopic (exact) mass is 275 g/mol. The highest BCUT2D eigenvalue weighted by atomic mass is 16.2. The van der Waals surface area contributed by atoms with Crippen LogP contribution in [0.5, 0.6) is 0 Å². The first-order chi connectivity index (χ1) is 9.60. The minimum Gasteiger partial charge on any atom is -0.376 e. The summed E-state index contributed by atoms with van der Waals surface area (Å²) in [5.74, 6) is -0.199. The van der Waals surface area contributed by atoms with Crippen LogP contribution in [0.2, 0.25) is 0 Å². The van der Waals surface area contributed by atoms with Gasteiger partial charge in [-0.05, 0) is 6.07 Å². The molecule has 1 amide bonds. The molecule has 0 aliphatic heterocycles. The van der Waals surface area contributed by atoms with Crippen molar-refractivity contribution in [3.05, 3.63) is 30.4 Å². The number of carbonyl (C=O) groups excluding carboxylic acids is 1. The van der Waals surface area contributed by atoms with Crippen molar-refractivity contribution in [3.63, 3.8) is 0 Å². The summed E-state index contributed by atoms with van der Waals surface area (Å²) in [4.78, 5) is 17.9. The topological polar surface area (TPSA) is 102 Å². The molecule has 0 bridgehead atoms. The van der Waals surface area contributed by atoms with Crippen LogP contribution in [0.15, 0.2) is 24.7 Å². The van der Waals surface area contributed by atoms with Crippen molar-refractivity contribution in [2.24, 2.45) is 5.73 Å². The number of nitrogens with zero attached hydrogens (tertiary/aromatic N) is 5. The highest BCUT2D eigenvalue weighted by Crippen LogP contribution is 2.21. The van der Waals surface area contributed by atoms with Gasteiger partial charge in [-0.2, -0.15) is 0 Å². The van der Waals surface area contributed by atoms with Gasteiger partial charge >= 0.3 is 0 Å². The van der Waals surface area contributed by atoms with Gasteiger partial charge in [0.15, 0.2) is 0 Å². The summed E-state index contributed by atoms with van der Waals surface area (Å²) < 4.78 is 1.45. The quantitative estimate of drug-likeness (QED) is 0.786. The second kappa shape index (κ2) is 6.11. The Morgan fingerprint density at radius 2 is 2.30 bits per heavy atom. The van der Waals surface area contributed by atoms with E-state index in [-0.39, 0.29) is 12.5 Å². The number of anilines is 2. The third-order valence-corrected chi connectivity index (χ3v) is 2.65. The highest BCUT2D eigenvalue weighted by molar-refractivity contribution is 5.93. The predicted molar refractivity (Wildman–Crippen MR) is 75.1 cm³/mol. The first-order valence-corrected chi connectivity index (χ1v) is 6.10. The van der Waals surface area contributed by atoms with E-state index in [1.807, 2.05) is 25.1 Å². The van der Waals surface area contributed by atoms with Crippen LogP contribution in [0.25, 0.3) is 0 Å². The average Bonchev–Trinajstić information content (AvgIpc) is 2.86. The van der Waals surface area contributed by atoms with E-state index in [0.29, 0.717) is 17.9 Å². The van der Waals surface area contributed by atoms with Crippen LogP contribution in [0.4, 0.5) is 11.4 Å². The molecule has 0 aromatic carbocycles. The lowest BCUT2D eigenvalue weighted by Gasteiger charge is -2.17. The number of hydrogen-bond acceptors (Lipinski definition) is 6. The van der Waals surface area contributed by atoms with Gasteiger partial charge in [0.25, 0.3) is 0 Å². The maximum absolute atomic E-state index is 12.0. The van der Waals surface area contributed by atoms with Crippen molar-refractivity contribution >= 4 is 17.3 Å². The fraction of sp³-hybridized carbons (Fsp3) is 0.333. The summed E-state index contributed by atoms with van der Waals surface area (Å²) in [7, 11) is 3.80. The molecule has 0 aliphatic carbocycles. The minimum absolute atomic E-state index is 0.0781. The second-order valence-corrected chi connectivity index (χ2v) is 4.45. The maximum Gasteiger partial charge on any atom is 0.246 e. The van der Waals surface area contributed by atoms with Gasteiger partial charge in [-0.15, -0.1) is 5.10 Å². The Kier molecular flexibility index (Phi) is 4.26. The summed E-state index contributed by atoms with van der Waals surface area (Å²) in [5.41, 5.74) is 7.63. The third kappa shape index (κ3) is 3.29. The van der Waals surface area contributed by atoms with Crippen LogP contribution in [0, 0.1) is 0 Å². The van der Waals surface area contributed by atoms with Crippen LogP contribution in [-0.4, -0.2) is 40.0 Å². The number of aromatic nitrogens is 4. The van der Waals surface area contributed by atoms with E-state index in [2.05, 4.69) is 20.6 Å². The largest absolute Gasteiger partial charge is 0.376 e. The molecule has 2 aromatic rings. The maximum atomic E-state index is 12.0. The fourth-order valence-corrected chi connectivity index (χ4v) is 1.72. The van der Waals surface area contributed by atoms with Crippen molar-refractivity contribution in [3.8, 4) is 0 Å². The molecule has 0 spiro atoms. The van der Waals surface area contributed by atoms with Gasteiger partial charge in [0.05, 0.1) is 29.5 Å². The molecular weight excluding hydrogens is 258 g/mol. The van der Waals surface area contributed by atoms with Crippen LogP contribution in [0.3, 0.4) is 0 Å². The molecule has 8 heteroatoms. The number of pyridine rings is 1. The molecule has 0 saturated carbocycles. The summed E-state index contributed by atoms with van der Waals surface area (Å²) >= 11 is 0. The molecule has 0 fully saturated rings. The smallest absolute Gasteiger partial charge is 0.246 e. The van der Waals surface area contributed by atoms with Gasteiger partial charge in [0, 0.05) is 26.8 Å². The first kappa shape index (κ1) is 13.9. The van der Waals surface area contributed by atoms with Gasteiger partial charge in [-0.25, -0.2) is 4.68 Å². The lowest BCUT2D eigenvalue weighted by molar-refractivity contribution is -0.116. The van der Waals surface area contributed by atoms with Crippen LogP contribution in [0.1, 0.15) is 5.69 Å². The van der Waals surface area contributed by atoms with Crippen molar-refractivity contribution in [2.45, 2.75) is 13.1 Å². The van der Waals surface area contributed by atoms with Gasteiger partial charge in [0.1, 0.15) is 6.54 Å². The second-order valence-electron chi connectivity index (χ2n) is 4.45. The third-order valence-electron chi connectivity index (χ3n) is 2.65. The van der Waals surface area contributed by atoms with Gasteiger partial charge in [-0.3, -0.25) is 9.78 Å². The standard InChI is InChI=1S/C12H17N7O/c1-18(2)11-3-4-14-6-10(11)15-12(20)8-19-7-9(5-13)16-17-19/h3-4,6-7H,5,8,13H2,1-2H3,(H,15,20). The van der Waals surface area contributed by atoms with Gasteiger partial charge in [-0.1, -0.05) is 5.21 Å². The Morgan fingerprint density at radius 3 is 2.95 bits per heavy atom. The molecule has 0 saturated heterocycles. The summed E-state index contributed by atoms with van der Waals surface area (Å²) in [5, 5.41) is 10.5. The number of rotatable bonds is 5. The highest BCUT2D eigenvalue weighted by Gasteiger charge is 2.10. The average molecular weight is 275 g/mol. The lowest BCUT2D eigenvalue weighted by atomic mass is 10.3. The zero-order valence-corrected chi connectivity index (χ0v) is 11.4. The van der Waals surface area contributed by atoms with E-state index in [4.69, 9.17) is 5.73 Å². The van der Waals surface area contributed by atoms with Gasteiger partial charge in [0.2, 0.25) is 5.91 Å². The SMILES string of the molecule is CN(C)c1ccncc1NC(=O)Cn1cc(CN)nn1. The van der Waals surface area contributed by atoms with Crippen molar-refractivity contribution in [1.29, 1.82) is 0 Å². The van der Waals surface area contributed by atoms with E-state index in [0.717, 1.165) is 5.69 Å². The molecule has 3 N–H and O–H groups in total. The zero-order chi connectivity index (χ0) is 14.5. The van der Waals surface area contributed by atoms with E-state index in [1.54, 1.807) is 18.6 Å². The van der Waals surface area contributed by atoms with E-state index in [1.165, 1.54) is 4.68 Å². The summed E-state index contributed by atoms with van der Waals surface area (Å²) in [6.45, 7) is 0.379. The Bertz CT molecular complexity index is 593. The first-order valence-electron chi connectivity index (χ1n) is 6.10. The molecule has 2 heterocycles. The number of nitrogens with one attached hydrogen (secondary N) is 1. The summed E-state index contributed by atoms with van der Waals surface area (Å²) in [6, 6.07) is 1.83. The number of nitrogens with two attached hydrogens (primary N) is 1. The van der Waals surface area contributed by atoms with Crippen LogP contribution in [-0.2, 0) is 17.9 Å². The molecule has 0 aliphatic rings. The summed E-state index contributed by atoms with van der Waals surface area (Å²) in [6.07, 6.45) is 4.94. The van der Waals surface area contributed by atoms with Crippen molar-refractivity contribution in [1.82, 2.24) is 20.0 Å². The fourth-order valence-electron chi connectivity index (χ4n) is 1.72. The molecule has 2 rings (SSSR count). The van der Waals surface area contributed by atoms with Crippen molar-refractivity contribution in [2.75, 3.05) is 24.3 Å². The molecule has 106 valence electrons. The van der Waals surface area contributed by atoms with E-state index in [9.17, 15) is 4.79 Å². The molecule has 2 aromatic heterocycles. The molecule has 8 nitrogen and oxygen atoms in total. The zero-order valence-electron chi connectivity index (χ0n) is 11.4. The molecule has 0 atom stereocenters. The molecule has 0 unspecified atom stereocenters. The molecular formula is C12H17N7O. The molecule has 20 heavy (non-hydrogen) atoms. The minimum atomic E-state index is -0.199. The number of hydrogen-bond donors (Lipinski definition) is 2. The molecule has 0 radical (unpaired) electrons.